The molecule has 0 spiro atoms. The summed E-state index contributed by atoms with van der Waals surface area (Å²) >= 11 is 0. The van der Waals surface area contributed by atoms with Crippen molar-refractivity contribution < 1.29 is 9.53 Å². The number of rotatable bonds is 5. The van der Waals surface area contributed by atoms with E-state index in [0.717, 1.165) is 17.0 Å². The van der Waals surface area contributed by atoms with Crippen molar-refractivity contribution in [3.05, 3.63) is 46.6 Å². The van der Waals surface area contributed by atoms with Crippen molar-refractivity contribution in [2.75, 3.05) is 18.4 Å². The molecule has 1 aliphatic rings. The molecule has 6 nitrogen and oxygen atoms in total. The highest BCUT2D eigenvalue weighted by molar-refractivity contribution is 5.82. The molecule has 1 unspecified atom stereocenters. The van der Waals surface area contributed by atoms with Gasteiger partial charge in [-0.2, -0.15) is 5.10 Å². The molecule has 1 atom stereocenters. The van der Waals surface area contributed by atoms with Crippen molar-refractivity contribution in [2.24, 2.45) is 0 Å². The minimum Gasteiger partial charge on any atom is -0.480 e. The van der Waals surface area contributed by atoms with Gasteiger partial charge in [0.25, 0.3) is 5.91 Å². The number of benzene rings is 1. The second-order valence-corrected chi connectivity index (χ2v) is 6.13. The highest BCUT2D eigenvalue weighted by Crippen LogP contribution is 2.31. The molecule has 0 radical (unpaired) electrons. The van der Waals surface area contributed by atoms with Gasteiger partial charge in [-0.25, -0.2) is 0 Å². The SMILES string of the molecule is Cc1ccc(NCCNC(=O)C2Cc3cc(C)c(C)cc3O2)nn1. The normalized spacial score (nSPS) is 15.5. The topological polar surface area (TPSA) is 76.1 Å². The van der Waals surface area contributed by atoms with Crippen LogP contribution in [0.15, 0.2) is 24.3 Å². The molecular formula is C18H22N4O2. The van der Waals surface area contributed by atoms with Crippen molar-refractivity contribution in [3.63, 3.8) is 0 Å². The molecule has 1 aromatic heterocycles. The van der Waals surface area contributed by atoms with Gasteiger partial charge in [-0.3, -0.25) is 4.79 Å². The van der Waals surface area contributed by atoms with Gasteiger partial charge in [-0.1, -0.05) is 6.07 Å². The molecule has 1 aromatic carbocycles. The number of aryl methyl sites for hydroxylation is 3. The van der Waals surface area contributed by atoms with Gasteiger partial charge >= 0.3 is 0 Å². The van der Waals surface area contributed by atoms with E-state index in [0.29, 0.717) is 25.3 Å². The van der Waals surface area contributed by atoms with Gasteiger partial charge in [0.1, 0.15) is 11.6 Å². The lowest BCUT2D eigenvalue weighted by atomic mass is 10.0. The van der Waals surface area contributed by atoms with Gasteiger partial charge in [0.05, 0.1) is 5.69 Å². The van der Waals surface area contributed by atoms with E-state index in [1.807, 2.05) is 32.0 Å². The first kappa shape index (κ1) is 16.2. The van der Waals surface area contributed by atoms with Crippen LogP contribution in [0.25, 0.3) is 0 Å². The Balaban J connectivity index is 1.45. The third-order valence-electron chi connectivity index (χ3n) is 4.17. The molecule has 0 saturated carbocycles. The molecule has 6 heteroatoms. The largest absolute Gasteiger partial charge is 0.480 e. The van der Waals surface area contributed by atoms with Crippen LogP contribution in [0.3, 0.4) is 0 Å². The molecular weight excluding hydrogens is 304 g/mol. The lowest BCUT2D eigenvalue weighted by Crippen LogP contribution is -2.39. The molecule has 1 aliphatic heterocycles. The summed E-state index contributed by atoms with van der Waals surface area (Å²) in [5.41, 5.74) is 4.38. The minimum atomic E-state index is -0.444. The maximum Gasteiger partial charge on any atom is 0.261 e. The first-order valence-electron chi connectivity index (χ1n) is 8.11. The molecule has 2 N–H and O–H groups in total. The number of hydrogen-bond donors (Lipinski definition) is 2. The molecule has 1 amide bonds. The number of hydrogen-bond acceptors (Lipinski definition) is 5. The Kier molecular flexibility index (Phi) is 4.64. The van der Waals surface area contributed by atoms with Crippen LogP contribution in [0.5, 0.6) is 5.75 Å². The Hall–Kier alpha value is -2.63. The van der Waals surface area contributed by atoms with Crippen LogP contribution in [0.1, 0.15) is 22.4 Å². The van der Waals surface area contributed by atoms with Gasteiger partial charge in [-0.05, 0) is 55.7 Å². The number of carbonyl (C=O) groups excluding carboxylic acids is 1. The fourth-order valence-corrected chi connectivity index (χ4v) is 2.64. The fraction of sp³-hybridized carbons (Fsp3) is 0.389. The van der Waals surface area contributed by atoms with Crippen LogP contribution >= 0.6 is 0 Å². The van der Waals surface area contributed by atoms with Crippen LogP contribution in [0.4, 0.5) is 5.82 Å². The van der Waals surface area contributed by atoms with E-state index in [4.69, 9.17) is 4.74 Å². The Morgan fingerprint density at radius 1 is 1.17 bits per heavy atom. The van der Waals surface area contributed by atoms with Crippen LogP contribution < -0.4 is 15.4 Å². The Labute approximate surface area is 141 Å². The van der Waals surface area contributed by atoms with E-state index in [1.54, 1.807) is 0 Å². The standard InChI is InChI=1S/C18H22N4O2/c1-11-8-14-10-16(24-15(14)9-12(11)2)18(23)20-7-6-19-17-5-4-13(3)21-22-17/h4-5,8-9,16H,6-7,10H2,1-3H3,(H,19,22)(H,20,23). The molecule has 2 aromatic rings. The number of aromatic nitrogens is 2. The van der Waals surface area contributed by atoms with Crippen LogP contribution in [0.2, 0.25) is 0 Å². The van der Waals surface area contributed by atoms with E-state index in [2.05, 4.69) is 33.8 Å². The lowest BCUT2D eigenvalue weighted by molar-refractivity contribution is -0.127. The Morgan fingerprint density at radius 3 is 2.71 bits per heavy atom. The summed E-state index contributed by atoms with van der Waals surface area (Å²) in [6, 6.07) is 7.87. The van der Waals surface area contributed by atoms with Crippen molar-refractivity contribution >= 4 is 11.7 Å². The highest BCUT2D eigenvalue weighted by Gasteiger charge is 2.29. The van der Waals surface area contributed by atoms with Crippen molar-refractivity contribution in [2.45, 2.75) is 33.3 Å². The fourth-order valence-electron chi connectivity index (χ4n) is 2.64. The molecule has 3 rings (SSSR count). The van der Waals surface area contributed by atoms with Gasteiger partial charge in [0.2, 0.25) is 0 Å². The number of anilines is 1. The predicted octanol–water partition coefficient (Wildman–Crippen LogP) is 1.93. The first-order valence-corrected chi connectivity index (χ1v) is 8.11. The molecule has 0 aliphatic carbocycles. The average Bonchev–Trinajstić information content (AvgIpc) is 2.96. The summed E-state index contributed by atoms with van der Waals surface area (Å²) in [6.45, 7) is 7.10. The summed E-state index contributed by atoms with van der Waals surface area (Å²) in [7, 11) is 0. The van der Waals surface area contributed by atoms with E-state index < -0.39 is 6.10 Å². The van der Waals surface area contributed by atoms with E-state index >= 15 is 0 Å². The van der Waals surface area contributed by atoms with Gasteiger partial charge < -0.3 is 15.4 Å². The van der Waals surface area contributed by atoms with Crippen LogP contribution in [0, 0.1) is 20.8 Å². The summed E-state index contributed by atoms with van der Waals surface area (Å²) in [5.74, 6) is 1.44. The number of nitrogens with zero attached hydrogens (tertiary/aromatic N) is 2. The summed E-state index contributed by atoms with van der Waals surface area (Å²) in [6.07, 6.45) is 0.180. The van der Waals surface area contributed by atoms with Crippen LogP contribution in [-0.2, 0) is 11.2 Å². The van der Waals surface area contributed by atoms with Crippen molar-refractivity contribution in [1.29, 1.82) is 0 Å². The third kappa shape index (κ3) is 3.64. The monoisotopic (exact) mass is 326 g/mol. The minimum absolute atomic E-state index is 0.0849. The maximum absolute atomic E-state index is 12.2. The number of nitrogens with one attached hydrogen (secondary N) is 2. The van der Waals surface area contributed by atoms with E-state index in [-0.39, 0.29) is 5.91 Å². The van der Waals surface area contributed by atoms with E-state index in [1.165, 1.54) is 11.1 Å². The van der Waals surface area contributed by atoms with Gasteiger partial charge in [0.15, 0.2) is 6.10 Å². The highest BCUT2D eigenvalue weighted by atomic mass is 16.5. The summed E-state index contributed by atoms with van der Waals surface area (Å²) in [4.78, 5) is 12.2. The van der Waals surface area contributed by atoms with Gasteiger partial charge in [0, 0.05) is 19.5 Å². The van der Waals surface area contributed by atoms with Gasteiger partial charge in [-0.15, -0.1) is 5.10 Å². The molecule has 0 bridgehead atoms. The number of fused-ring (bicyclic) bond motifs is 1. The van der Waals surface area contributed by atoms with Crippen molar-refractivity contribution in [3.8, 4) is 5.75 Å². The first-order chi connectivity index (χ1) is 11.5. The van der Waals surface area contributed by atoms with Crippen molar-refractivity contribution in [1.82, 2.24) is 15.5 Å². The Morgan fingerprint density at radius 2 is 1.96 bits per heavy atom. The number of ether oxygens (including phenoxy) is 1. The zero-order valence-electron chi connectivity index (χ0n) is 14.2. The predicted molar refractivity (Wildman–Crippen MR) is 92.3 cm³/mol. The zero-order valence-corrected chi connectivity index (χ0v) is 14.2. The molecule has 0 saturated heterocycles. The van der Waals surface area contributed by atoms with E-state index in [9.17, 15) is 4.79 Å². The Bertz CT molecular complexity index is 712. The summed E-state index contributed by atoms with van der Waals surface area (Å²) < 4.78 is 5.78. The maximum atomic E-state index is 12.2. The molecule has 0 fully saturated rings. The number of carbonyl (C=O) groups is 1. The second kappa shape index (κ2) is 6.86. The summed E-state index contributed by atoms with van der Waals surface area (Å²) in [5, 5.41) is 14.0. The quantitative estimate of drug-likeness (QED) is 0.821. The second-order valence-electron chi connectivity index (χ2n) is 6.13. The zero-order chi connectivity index (χ0) is 17.1. The number of amides is 1. The molecule has 126 valence electrons. The van der Waals surface area contributed by atoms with Crippen LogP contribution in [-0.4, -0.2) is 35.3 Å². The third-order valence-corrected chi connectivity index (χ3v) is 4.17. The average molecular weight is 326 g/mol. The molecule has 2 heterocycles. The molecule has 24 heavy (non-hydrogen) atoms. The smallest absolute Gasteiger partial charge is 0.261 e. The lowest BCUT2D eigenvalue weighted by Gasteiger charge is -2.12.